The van der Waals surface area contributed by atoms with Crippen LogP contribution in [0.2, 0.25) is 0 Å². The van der Waals surface area contributed by atoms with Gasteiger partial charge >= 0.3 is 0 Å². The lowest BCUT2D eigenvalue weighted by Gasteiger charge is -2.07. The molecule has 78 valence electrons. The van der Waals surface area contributed by atoms with E-state index >= 15 is 0 Å². The van der Waals surface area contributed by atoms with E-state index in [-0.39, 0.29) is 5.82 Å². The highest BCUT2D eigenvalue weighted by atomic mass is 19.1. The van der Waals surface area contributed by atoms with Gasteiger partial charge in [-0.15, -0.1) is 0 Å². The lowest BCUT2D eigenvalue weighted by atomic mass is 10.2. The molecule has 0 saturated carbocycles. The van der Waals surface area contributed by atoms with E-state index in [4.69, 9.17) is 4.42 Å². The standard InChI is InChI=1S/C11H11FN2O/c1-8-2-3-9(12)4-11(8)14-6-10-5-13-7-15-10/h2-5,7,14H,6H2,1H3. The summed E-state index contributed by atoms with van der Waals surface area (Å²) in [6.07, 6.45) is 3.00. The van der Waals surface area contributed by atoms with E-state index in [2.05, 4.69) is 10.3 Å². The van der Waals surface area contributed by atoms with Gasteiger partial charge in [-0.3, -0.25) is 0 Å². The fourth-order valence-electron chi connectivity index (χ4n) is 1.30. The highest BCUT2D eigenvalue weighted by molar-refractivity contribution is 5.50. The van der Waals surface area contributed by atoms with Gasteiger partial charge < -0.3 is 9.73 Å². The van der Waals surface area contributed by atoms with E-state index in [1.54, 1.807) is 12.3 Å². The molecule has 0 fully saturated rings. The van der Waals surface area contributed by atoms with Crippen LogP contribution in [0, 0.1) is 12.7 Å². The van der Waals surface area contributed by atoms with Crippen molar-refractivity contribution in [2.45, 2.75) is 13.5 Å². The number of aryl methyl sites for hydroxylation is 1. The molecule has 1 N–H and O–H groups in total. The van der Waals surface area contributed by atoms with Gasteiger partial charge in [0.1, 0.15) is 11.6 Å². The van der Waals surface area contributed by atoms with Crippen LogP contribution in [0.25, 0.3) is 0 Å². The SMILES string of the molecule is Cc1ccc(F)cc1NCc1cnco1. The molecule has 1 aromatic heterocycles. The molecule has 0 bridgehead atoms. The molecule has 1 aromatic carbocycles. The molecule has 0 radical (unpaired) electrons. The fourth-order valence-corrected chi connectivity index (χ4v) is 1.30. The molecule has 0 aliphatic carbocycles. The quantitative estimate of drug-likeness (QED) is 0.839. The third kappa shape index (κ3) is 2.34. The van der Waals surface area contributed by atoms with Crippen LogP contribution < -0.4 is 5.32 Å². The van der Waals surface area contributed by atoms with Crippen LogP contribution in [0.4, 0.5) is 10.1 Å². The minimum atomic E-state index is -0.249. The molecule has 0 amide bonds. The maximum Gasteiger partial charge on any atom is 0.180 e. The van der Waals surface area contributed by atoms with Crippen LogP contribution in [0.3, 0.4) is 0 Å². The molecule has 2 aromatic rings. The van der Waals surface area contributed by atoms with Gasteiger partial charge in [0, 0.05) is 5.69 Å². The third-order valence-electron chi connectivity index (χ3n) is 2.14. The van der Waals surface area contributed by atoms with E-state index in [9.17, 15) is 4.39 Å². The first-order valence-corrected chi connectivity index (χ1v) is 4.63. The Morgan fingerprint density at radius 3 is 3.07 bits per heavy atom. The second kappa shape index (κ2) is 4.13. The largest absolute Gasteiger partial charge is 0.447 e. The first kappa shape index (κ1) is 9.71. The highest BCUT2D eigenvalue weighted by Crippen LogP contribution is 2.16. The first-order chi connectivity index (χ1) is 7.25. The zero-order chi connectivity index (χ0) is 10.7. The molecule has 2 rings (SSSR count). The zero-order valence-corrected chi connectivity index (χ0v) is 8.33. The van der Waals surface area contributed by atoms with E-state index in [0.717, 1.165) is 17.0 Å². The van der Waals surface area contributed by atoms with Crippen molar-refractivity contribution < 1.29 is 8.81 Å². The summed E-state index contributed by atoms with van der Waals surface area (Å²) < 4.78 is 18.0. The van der Waals surface area contributed by atoms with E-state index in [1.807, 2.05) is 6.92 Å². The number of benzene rings is 1. The molecule has 15 heavy (non-hydrogen) atoms. The Morgan fingerprint density at radius 1 is 1.47 bits per heavy atom. The Morgan fingerprint density at radius 2 is 2.33 bits per heavy atom. The van der Waals surface area contributed by atoms with Crippen LogP contribution in [-0.4, -0.2) is 4.98 Å². The highest BCUT2D eigenvalue weighted by Gasteiger charge is 2.01. The summed E-state index contributed by atoms with van der Waals surface area (Å²) in [4.78, 5) is 3.79. The van der Waals surface area contributed by atoms with Crippen molar-refractivity contribution in [2.24, 2.45) is 0 Å². The smallest absolute Gasteiger partial charge is 0.180 e. The second-order valence-electron chi connectivity index (χ2n) is 3.28. The summed E-state index contributed by atoms with van der Waals surface area (Å²) in [6, 6.07) is 4.64. The van der Waals surface area contributed by atoms with Crippen molar-refractivity contribution in [1.29, 1.82) is 0 Å². The topological polar surface area (TPSA) is 38.1 Å². The molecular weight excluding hydrogens is 195 g/mol. The molecule has 3 nitrogen and oxygen atoms in total. The lowest BCUT2D eigenvalue weighted by molar-refractivity contribution is 0.511. The minimum absolute atomic E-state index is 0.249. The molecule has 0 aliphatic heterocycles. The van der Waals surface area contributed by atoms with Gasteiger partial charge in [-0.2, -0.15) is 0 Å². The lowest BCUT2D eigenvalue weighted by Crippen LogP contribution is -2.00. The van der Waals surface area contributed by atoms with Crippen LogP contribution in [0.1, 0.15) is 11.3 Å². The summed E-state index contributed by atoms with van der Waals surface area (Å²) >= 11 is 0. The van der Waals surface area contributed by atoms with Crippen molar-refractivity contribution in [2.75, 3.05) is 5.32 Å². The molecule has 0 saturated heterocycles. The molecule has 0 unspecified atom stereocenters. The number of oxazole rings is 1. The first-order valence-electron chi connectivity index (χ1n) is 4.63. The third-order valence-corrected chi connectivity index (χ3v) is 2.14. The van der Waals surface area contributed by atoms with Crippen molar-refractivity contribution in [3.63, 3.8) is 0 Å². The van der Waals surface area contributed by atoms with E-state index in [1.165, 1.54) is 18.5 Å². The predicted octanol–water partition coefficient (Wildman–Crippen LogP) is 2.73. The summed E-state index contributed by atoms with van der Waals surface area (Å²) in [5.74, 6) is 0.472. The number of halogens is 1. The molecule has 0 atom stereocenters. The molecule has 4 heteroatoms. The fraction of sp³-hybridized carbons (Fsp3) is 0.182. The summed E-state index contributed by atoms with van der Waals surface area (Å²) in [7, 11) is 0. The van der Waals surface area contributed by atoms with Gasteiger partial charge in [0.05, 0.1) is 12.7 Å². The monoisotopic (exact) mass is 206 g/mol. The van der Waals surface area contributed by atoms with Crippen molar-refractivity contribution in [3.05, 3.63) is 47.9 Å². The average Bonchev–Trinajstić information content (AvgIpc) is 2.72. The Hall–Kier alpha value is -1.84. The van der Waals surface area contributed by atoms with E-state index in [0.29, 0.717) is 6.54 Å². The van der Waals surface area contributed by atoms with Gasteiger partial charge in [-0.25, -0.2) is 9.37 Å². The summed E-state index contributed by atoms with van der Waals surface area (Å²) in [5.41, 5.74) is 1.77. The number of anilines is 1. The number of nitrogens with zero attached hydrogens (tertiary/aromatic N) is 1. The van der Waals surface area contributed by atoms with Crippen LogP contribution in [0.15, 0.2) is 35.2 Å². The molecule has 0 aliphatic rings. The minimum Gasteiger partial charge on any atom is -0.447 e. The average molecular weight is 206 g/mol. The Bertz CT molecular complexity index is 440. The van der Waals surface area contributed by atoms with Crippen LogP contribution >= 0.6 is 0 Å². The maximum absolute atomic E-state index is 12.9. The van der Waals surface area contributed by atoms with Gasteiger partial charge in [-0.1, -0.05) is 6.07 Å². The number of nitrogens with one attached hydrogen (secondary N) is 1. The van der Waals surface area contributed by atoms with Crippen molar-refractivity contribution in [3.8, 4) is 0 Å². The number of hydrogen-bond acceptors (Lipinski definition) is 3. The molecule has 0 spiro atoms. The van der Waals surface area contributed by atoms with E-state index < -0.39 is 0 Å². The van der Waals surface area contributed by atoms with Gasteiger partial charge in [0.2, 0.25) is 0 Å². The van der Waals surface area contributed by atoms with Gasteiger partial charge in [0.25, 0.3) is 0 Å². The second-order valence-corrected chi connectivity index (χ2v) is 3.28. The predicted molar refractivity (Wildman–Crippen MR) is 55.0 cm³/mol. The number of aromatic nitrogens is 1. The van der Waals surface area contributed by atoms with Crippen LogP contribution in [-0.2, 0) is 6.54 Å². The summed E-state index contributed by atoms with van der Waals surface area (Å²) in [5, 5.41) is 3.08. The van der Waals surface area contributed by atoms with Crippen molar-refractivity contribution >= 4 is 5.69 Å². The van der Waals surface area contributed by atoms with Crippen molar-refractivity contribution in [1.82, 2.24) is 4.98 Å². The van der Waals surface area contributed by atoms with Gasteiger partial charge in [0.15, 0.2) is 6.39 Å². The Kier molecular flexibility index (Phi) is 2.67. The number of rotatable bonds is 3. The normalized spacial score (nSPS) is 10.3. The molecular formula is C11H11FN2O. The Balaban J connectivity index is 2.07. The maximum atomic E-state index is 12.9. The van der Waals surface area contributed by atoms with Crippen LogP contribution in [0.5, 0.6) is 0 Å². The zero-order valence-electron chi connectivity index (χ0n) is 8.33. The number of hydrogen-bond donors (Lipinski definition) is 1. The van der Waals surface area contributed by atoms with Gasteiger partial charge in [-0.05, 0) is 24.6 Å². The summed E-state index contributed by atoms with van der Waals surface area (Å²) in [6.45, 7) is 2.42. The molecule has 1 heterocycles. The Labute approximate surface area is 86.9 Å².